The molecule has 1 aromatic rings. The summed E-state index contributed by atoms with van der Waals surface area (Å²) in [6, 6.07) is 8.66. The first-order valence-corrected chi connectivity index (χ1v) is 7.43. The number of hydrogen-bond acceptors (Lipinski definition) is 3. The Balaban J connectivity index is 2.83. The molecule has 1 unspecified atom stereocenters. The molecule has 0 fully saturated rings. The van der Waals surface area contributed by atoms with Crippen LogP contribution in [0, 0.1) is 0 Å². The van der Waals surface area contributed by atoms with Crippen LogP contribution in [0.5, 0.6) is 0 Å². The summed E-state index contributed by atoms with van der Waals surface area (Å²) in [7, 11) is -3.43. The van der Waals surface area contributed by atoms with Gasteiger partial charge in [0.2, 0.25) is 10.0 Å². The number of hydrogen-bond donors (Lipinski definition) is 1. The number of benzene rings is 1. The number of ketones is 1. The van der Waals surface area contributed by atoms with E-state index in [1.807, 2.05) is 30.3 Å². The van der Waals surface area contributed by atoms with Gasteiger partial charge in [-0.15, -0.1) is 0 Å². The van der Waals surface area contributed by atoms with E-state index in [4.69, 9.17) is 0 Å². The summed E-state index contributed by atoms with van der Waals surface area (Å²) in [5.74, 6) is -0.178. The van der Waals surface area contributed by atoms with Crippen molar-refractivity contribution in [2.75, 3.05) is 0 Å². The average molecular weight is 269 g/mol. The van der Waals surface area contributed by atoms with Gasteiger partial charge in [0.1, 0.15) is 5.78 Å². The molecule has 5 heteroatoms. The van der Waals surface area contributed by atoms with E-state index >= 15 is 0 Å². The topological polar surface area (TPSA) is 63.2 Å². The fraction of sp³-hybridized carbons (Fsp3) is 0.462. The van der Waals surface area contributed by atoms with E-state index in [0.717, 1.165) is 5.56 Å². The molecule has 0 saturated heterocycles. The van der Waals surface area contributed by atoms with Gasteiger partial charge < -0.3 is 0 Å². The van der Waals surface area contributed by atoms with E-state index < -0.39 is 21.3 Å². The highest BCUT2D eigenvalue weighted by Gasteiger charge is 2.24. The molecule has 0 heterocycles. The maximum atomic E-state index is 11.8. The Labute approximate surface area is 108 Å². The molecule has 100 valence electrons. The number of nitrogens with one attached hydrogen (secondary N) is 1. The third kappa shape index (κ3) is 4.23. The summed E-state index contributed by atoms with van der Waals surface area (Å²) in [6.07, 6.45) is 0.377. The van der Waals surface area contributed by atoms with Gasteiger partial charge in [-0.05, 0) is 32.8 Å². The van der Waals surface area contributed by atoms with Gasteiger partial charge in [-0.3, -0.25) is 4.79 Å². The number of Topliss-reactive ketones (excluding diaryl/α,β-unsaturated/α-hetero) is 1. The minimum absolute atomic E-state index is 0.178. The van der Waals surface area contributed by atoms with Crippen LogP contribution in [0.2, 0.25) is 0 Å². The second-order valence-electron chi connectivity index (χ2n) is 4.56. The molecule has 0 aromatic heterocycles. The standard InChI is InChI=1S/C13H19NO3S/c1-10(2)18(16,17)14-13(11(3)15)9-12-7-5-4-6-8-12/h4-8,10,13-14H,9H2,1-3H3. The van der Waals surface area contributed by atoms with Gasteiger partial charge in [-0.2, -0.15) is 0 Å². The lowest BCUT2D eigenvalue weighted by atomic mass is 10.0. The molecule has 1 rings (SSSR count). The first-order valence-electron chi connectivity index (χ1n) is 5.88. The SMILES string of the molecule is CC(=O)C(Cc1ccccc1)NS(=O)(=O)C(C)C. The first kappa shape index (κ1) is 14.9. The second-order valence-corrected chi connectivity index (χ2v) is 6.83. The summed E-state index contributed by atoms with van der Waals surface area (Å²) in [5.41, 5.74) is 0.934. The Morgan fingerprint density at radius 2 is 1.78 bits per heavy atom. The van der Waals surface area contributed by atoms with Gasteiger partial charge in [0.15, 0.2) is 0 Å². The lowest BCUT2D eigenvalue weighted by molar-refractivity contribution is -0.118. The molecular formula is C13H19NO3S. The van der Waals surface area contributed by atoms with Gasteiger partial charge in [-0.25, -0.2) is 13.1 Å². The molecule has 1 atom stereocenters. The van der Waals surface area contributed by atoms with E-state index in [1.165, 1.54) is 6.92 Å². The van der Waals surface area contributed by atoms with Gasteiger partial charge in [0, 0.05) is 0 Å². The lowest BCUT2D eigenvalue weighted by Crippen LogP contribution is -2.44. The molecule has 0 radical (unpaired) electrons. The molecule has 0 saturated carbocycles. The first-order chi connectivity index (χ1) is 8.33. The normalized spacial score (nSPS) is 13.6. The smallest absolute Gasteiger partial charge is 0.214 e. The van der Waals surface area contributed by atoms with Crippen LogP contribution >= 0.6 is 0 Å². The Bertz CT molecular complexity index is 494. The third-order valence-electron chi connectivity index (χ3n) is 2.70. The zero-order valence-electron chi connectivity index (χ0n) is 10.9. The van der Waals surface area contributed by atoms with Crippen molar-refractivity contribution >= 4 is 15.8 Å². The van der Waals surface area contributed by atoms with Crippen LogP contribution in [-0.4, -0.2) is 25.5 Å². The highest BCUT2D eigenvalue weighted by atomic mass is 32.2. The van der Waals surface area contributed by atoms with E-state index in [0.29, 0.717) is 6.42 Å². The predicted octanol–water partition coefficient (Wildman–Crippen LogP) is 1.51. The molecule has 0 aliphatic rings. The fourth-order valence-electron chi connectivity index (χ4n) is 1.45. The molecule has 1 aromatic carbocycles. The molecular weight excluding hydrogens is 250 g/mol. The average Bonchev–Trinajstić information content (AvgIpc) is 2.29. The number of rotatable bonds is 6. The second kappa shape index (κ2) is 6.11. The van der Waals surface area contributed by atoms with Crippen molar-refractivity contribution in [1.82, 2.24) is 4.72 Å². The minimum atomic E-state index is -3.43. The van der Waals surface area contributed by atoms with Crippen LogP contribution in [0.3, 0.4) is 0 Å². The molecule has 4 nitrogen and oxygen atoms in total. The maximum Gasteiger partial charge on any atom is 0.214 e. The van der Waals surface area contributed by atoms with Crippen LogP contribution in [0.15, 0.2) is 30.3 Å². The molecule has 0 bridgehead atoms. The molecule has 0 aliphatic carbocycles. The Hall–Kier alpha value is -1.20. The summed E-state index contributed by atoms with van der Waals surface area (Å²) in [4.78, 5) is 11.5. The van der Waals surface area contributed by atoms with Gasteiger partial charge in [0.25, 0.3) is 0 Å². The van der Waals surface area contributed by atoms with Crippen molar-refractivity contribution in [3.63, 3.8) is 0 Å². The Kier molecular flexibility index (Phi) is 5.04. The summed E-state index contributed by atoms with van der Waals surface area (Å²) in [6.45, 7) is 4.57. The number of carbonyl (C=O) groups is 1. The quantitative estimate of drug-likeness (QED) is 0.851. The molecule has 18 heavy (non-hydrogen) atoms. The van der Waals surface area contributed by atoms with E-state index in [1.54, 1.807) is 13.8 Å². The van der Waals surface area contributed by atoms with E-state index in [-0.39, 0.29) is 5.78 Å². The van der Waals surface area contributed by atoms with Crippen molar-refractivity contribution in [2.45, 2.75) is 38.5 Å². The lowest BCUT2D eigenvalue weighted by Gasteiger charge is -2.17. The van der Waals surface area contributed by atoms with Crippen LogP contribution in [0.1, 0.15) is 26.3 Å². The zero-order valence-corrected chi connectivity index (χ0v) is 11.7. The van der Waals surface area contributed by atoms with Crippen LogP contribution in [0.25, 0.3) is 0 Å². The summed E-state index contributed by atoms with van der Waals surface area (Å²) >= 11 is 0. The van der Waals surface area contributed by atoms with Crippen LogP contribution in [-0.2, 0) is 21.2 Å². The van der Waals surface area contributed by atoms with Crippen LogP contribution in [0.4, 0.5) is 0 Å². The molecule has 1 N–H and O–H groups in total. The van der Waals surface area contributed by atoms with Crippen molar-refractivity contribution in [3.05, 3.63) is 35.9 Å². The summed E-state index contributed by atoms with van der Waals surface area (Å²) < 4.78 is 26.0. The fourth-order valence-corrected chi connectivity index (χ4v) is 2.37. The number of carbonyl (C=O) groups excluding carboxylic acids is 1. The maximum absolute atomic E-state index is 11.8. The predicted molar refractivity (Wildman–Crippen MR) is 71.8 cm³/mol. The molecule has 0 aliphatic heterocycles. The largest absolute Gasteiger partial charge is 0.298 e. The van der Waals surface area contributed by atoms with E-state index in [9.17, 15) is 13.2 Å². The van der Waals surface area contributed by atoms with Gasteiger partial charge in [-0.1, -0.05) is 30.3 Å². The van der Waals surface area contributed by atoms with Gasteiger partial charge in [0.05, 0.1) is 11.3 Å². The number of sulfonamides is 1. The van der Waals surface area contributed by atoms with Crippen molar-refractivity contribution in [2.24, 2.45) is 0 Å². The molecule has 0 spiro atoms. The Morgan fingerprint density at radius 3 is 2.22 bits per heavy atom. The van der Waals surface area contributed by atoms with Crippen molar-refractivity contribution in [1.29, 1.82) is 0 Å². The van der Waals surface area contributed by atoms with Gasteiger partial charge >= 0.3 is 0 Å². The zero-order chi connectivity index (χ0) is 13.8. The Morgan fingerprint density at radius 1 is 1.22 bits per heavy atom. The minimum Gasteiger partial charge on any atom is -0.298 e. The van der Waals surface area contributed by atoms with E-state index in [2.05, 4.69) is 4.72 Å². The monoisotopic (exact) mass is 269 g/mol. The highest BCUT2D eigenvalue weighted by molar-refractivity contribution is 7.90. The third-order valence-corrected chi connectivity index (χ3v) is 4.55. The van der Waals surface area contributed by atoms with Crippen molar-refractivity contribution in [3.8, 4) is 0 Å². The molecule has 0 amide bonds. The summed E-state index contributed by atoms with van der Waals surface area (Å²) in [5, 5.41) is -0.546. The van der Waals surface area contributed by atoms with Crippen molar-refractivity contribution < 1.29 is 13.2 Å². The van der Waals surface area contributed by atoms with Crippen LogP contribution < -0.4 is 4.72 Å². The highest BCUT2D eigenvalue weighted by Crippen LogP contribution is 2.07.